The number of rotatable bonds is 15. The SMILES string of the molecule is CC1CC(N(CCCCS(=O)(=O)[O-])CCCCS(=O)(=O)[O-])CCC1N=Nc1c(C#N)cnn1C1C(Cl)CC(S(=O)(=O)[O-])CC1Cl.[K+].[K+].[K+]. The first-order valence-corrected chi connectivity index (χ1v) is 20.1. The van der Waals surface area contributed by atoms with Crippen molar-refractivity contribution in [2.75, 3.05) is 24.6 Å². The molecule has 2 aliphatic rings. The maximum atomic E-state index is 11.6. The number of hydrogen-bond donors (Lipinski definition) is 0. The molecule has 0 radical (unpaired) electrons. The van der Waals surface area contributed by atoms with Crippen molar-refractivity contribution in [1.29, 1.82) is 5.26 Å². The van der Waals surface area contributed by atoms with Crippen molar-refractivity contribution in [2.45, 2.75) is 98.8 Å². The average Bonchev–Trinajstić information content (AvgIpc) is 3.31. The smallest absolute Gasteiger partial charge is 0.748 e. The van der Waals surface area contributed by atoms with E-state index >= 15 is 0 Å². The van der Waals surface area contributed by atoms with E-state index < -0.39 is 63.9 Å². The summed E-state index contributed by atoms with van der Waals surface area (Å²) in [6, 6.07) is 1.12. The van der Waals surface area contributed by atoms with E-state index in [9.17, 15) is 44.2 Å². The normalized spacial score (nSPS) is 26.7. The summed E-state index contributed by atoms with van der Waals surface area (Å²) in [5.74, 6) is -0.775. The Labute approximate surface area is 421 Å². The van der Waals surface area contributed by atoms with Crippen LogP contribution in [0.4, 0.5) is 5.82 Å². The van der Waals surface area contributed by atoms with Crippen LogP contribution >= 0.6 is 23.2 Å². The molecule has 5 unspecified atom stereocenters. The van der Waals surface area contributed by atoms with Crippen molar-refractivity contribution in [3.8, 4) is 6.07 Å². The number of azo groups is 1. The second kappa shape index (κ2) is 23.5. The predicted octanol–water partition coefficient (Wildman–Crippen LogP) is -6.18. The maximum absolute atomic E-state index is 11.6. The molecular formula is C25H37Cl2K3N6O9S3. The summed E-state index contributed by atoms with van der Waals surface area (Å²) in [4.78, 5) is 2.14. The molecule has 5 atom stereocenters. The third-order valence-corrected chi connectivity index (χ3v) is 12.0. The molecule has 2 aliphatic carbocycles. The second-order valence-electron chi connectivity index (χ2n) is 11.7. The van der Waals surface area contributed by atoms with E-state index in [1.54, 1.807) is 0 Å². The molecule has 0 bridgehead atoms. The van der Waals surface area contributed by atoms with Gasteiger partial charge in [0, 0.05) is 17.5 Å². The van der Waals surface area contributed by atoms with E-state index in [4.69, 9.17) is 23.2 Å². The summed E-state index contributed by atoms with van der Waals surface area (Å²) in [5, 5.41) is 19.9. The molecular weight excluding hydrogens is 813 g/mol. The van der Waals surface area contributed by atoms with Crippen LogP contribution in [0.25, 0.3) is 0 Å². The summed E-state index contributed by atoms with van der Waals surface area (Å²) in [6.07, 6.45) is 4.37. The van der Waals surface area contributed by atoms with E-state index in [1.165, 1.54) is 10.9 Å². The van der Waals surface area contributed by atoms with Crippen molar-refractivity contribution in [1.82, 2.24) is 14.7 Å². The van der Waals surface area contributed by atoms with Gasteiger partial charge in [0.2, 0.25) is 0 Å². The summed E-state index contributed by atoms with van der Waals surface area (Å²) < 4.78 is 102. The molecule has 1 aromatic rings. The summed E-state index contributed by atoms with van der Waals surface area (Å²) >= 11 is 13.0. The van der Waals surface area contributed by atoms with Gasteiger partial charge in [0.25, 0.3) is 0 Å². The predicted molar refractivity (Wildman–Crippen MR) is 162 cm³/mol. The van der Waals surface area contributed by atoms with Gasteiger partial charge in [0.15, 0.2) is 5.82 Å². The Kier molecular flexibility index (Phi) is 25.2. The Bertz CT molecular complexity index is 1510. The summed E-state index contributed by atoms with van der Waals surface area (Å²) in [5.41, 5.74) is 0.123. The van der Waals surface area contributed by atoms with Crippen LogP contribution in [0.5, 0.6) is 0 Å². The van der Waals surface area contributed by atoms with Gasteiger partial charge in [-0.3, -0.25) is 0 Å². The molecule has 48 heavy (non-hydrogen) atoms. The van der Waals surface area contributed by atoms with Crippen LogP contribution in [-0.4, -0.2) is 106 Å². The number of nitriles is 1. The maximum Gasteiger partial charge on any atom is 1.00 e. The molecule has 0 aromatic carbocycles. The molecule has 0 N–H and O–H groups in total. The molecule has 15 nitrogen and oxygen atoms in total. The first-order valence-electron chi connectivity index (χ1n) is 14.6. The van der Waals surface area contributed by atoms with Gasteiger partial charge in [0.05, 0.1) is 64.6 Å². The molecule has 23 heteroatoms. The minimum Gasteiger partial charge on any atom is -0.748 e. The largest absolute Gasteiger partial charge is 1.00 e. The average molecular weight is 850 g/mol. The Balaban J connectivity index is 0.00000736. The van der Waals surface area contributed by atoms with Gasteiger partial charge in [-0.15, -0.1) is 28.3 Å². The quantitative estimate of drug-likeness (QED) is 0.0527. The minimum absolute atomic E-state index is 0. The number of hydrogen-bond acceptors (Lipinski definition) is 14. The van der Waals surface area contributed by atoms with Crippen LogP contribution in [0.2, 0.25) is 0 Å². The van der Waals surface area contributed by atoms with E-state index in [0.29, 0.717) is 45.2 Å². The van der Waals surface area contributed by atoms with E-state index in [-0.39, 0.29) is 209 Å². The number of unbranched alkanes of at least 4 members (excludes halogenated alkanes) is 2. The number of halogens is 2. The number of aromatic nitrogens is 2. The molecule has 0 spiro atoms. The molecule has 0 saturated heterocycles. The van der Waals surface area contributed by atoms with Crippen molar-refractivity contribution in [2.24, 2.45) is 16.1 Å². The zero-order valence-electron chi connectivity index (χ0n) is 27.6. The molecule has 0 amide bonds. The summed E-state index contributed by atoms with van der Waals surface area (Å²) in [7, 11) is -13.2. The molecule has 0 aliphatic heterocycles. The summed E-state index contributed by atoms with van der Waals surface area (Å²) in [6.45, 7) is 3.00. The Morgan fingerprint density at radius 1 is 0.917 bits per heavy atom. The first kappa shape index (κ1) is 51.5. The van der Waals surface area contributed by atoms with E-state index in [0.717, 1.165) is 0 Å². The molecule has 1 heterocycles. The van der Waals surface area contributed by atoms with Crippen LogP contribution in [0.1, 0.15) is 76.3 Å². The van der Waals surface area contributed by atoms with Gasteiger partial charge in [-0.25, -0.2) is 29.9 Å². The molecule has 1 aromatic heterocycles. The Hall–Kier alpha value is 3.48. The fourth-order valence-electron chi connectivity index (χ4n) is 6.05. The molecule has 2 fully saturated rings. The van der Waals surface area contributed by atoms with Gasteiger partial charge >= 0.3 is 154 Å². The molecule has 3 rings (SSSR count). The Morgan fingerprint density at radius 3 is 1.88 bits per heavy atom. The van der Waals surface area contributed by atoms with Crippen molar-refractivity contribution in [3.05, 3.63) is 11.8 Å². The van der Waals surface area contributed by atoms with E-state index in [2.05, 4.69) is 20.2 Å². The Morgan fingerprint density at radius 2 is 1.44 bits per heavy atom. The standard InChI is InChI=1S/C25H40Cl2N6O9S3.3K/c1-17-12-19(32(8-2-4-10-43(34,35)36)9-3-5-11-44(37,38)39)6-7-23(17)30-31-25-18(15-28)16-29-33(25)24-21(26)13-20(14-22(24)27)45(40,41)42;;;/h16-17,19-24H,2-14H2,1H3,(H,34,35,36)(H,37,38,39)(H,40,41,42);;;/q;3*+1/p-3. The first-order chi connectivity index (χ1) is 20.9. The van der Waals surface area contributed by atoms with Gasteiger partial charge in [0.1, 0.15) is 11.6 Å². The number of alkyl halides is 2. The third kappa shape index (κ3) is 17.1. The number of nitrogens with zero attached hydrogens (tertiary/aromatic N) is 6. The van der Waals surface area contributed by atoms with Crippen LogP contribution < -0.4 is 154 Å². The van der Waals surface area contributed by atoms with Gasteiger partial charge in [-0.05, 0) is 76.8 Å². The van der Waals surface area contributed by atoms with Gasteiger partial charge in [-0.2, -0.15) is 15.5 Å². The molecule has 2 saturated carbocycles. The van der Waals surface area contributed by atoms with Crippen LogP contribution in [0, 0.1) is 17.2 Å². The van der Waals surface area contributed by atoms with Crippen LogP contribution in [0.15, 0.2) is 16.4 Å². The fraction of sp³-hybridized carbons (Fsp3) is 0.840. The monoisotopic (exact) mass is 848 g/mol. The second-order valence-corrected chi connectivity index (χ2v) is 17.6. The molecule has 256 valence electrons. The third-order valence-electron chi connectivity index (χ3n) is 8.39. The van der Waals surface area contributed by atoms with Crippen LogP contribution in [-0.2, 0) is 30.4 Å². The zero-order chi connectivity index (χ0) is 33.6. The van der Waals surface area contributed by atoms with Crippen LogP contribution in [0.3, 0.4) is 0 Å². The minimum atomic E-state index is -4.59. The van der Waals surface area contributed by atoms with Crippen molar-refractivity contribution >= 4 is 59.4 Å². The van der Waals surface area contributed by atoms with Crippen molar-refractivity contribution < 1.29 is 193 Å². The fourth-order valence-corrected chi connectivity index (χ4v) is 9.33. The van der Waals surface area contributed by atoms with Crippen molar-refractivity contribution in [3.63, 3.8) is 0 Å². The van der Waals surface area contributed by atoms with E-state index in [1.807, 2.05) is 13.0 Å². The zero-order valence-corrected chi connectivity index (χ0v) is 41.0. The van der Waals surface area contributed by atoms with Gasteiger partial charge in [-0.1, -0.05) is 6.92 Å². The van der Waals surface area contributed by atoms with Gasteiger partial charge < -0.3 is 18.6 Å². The topological polar surface area (TPSA) is 241 Å².